The van der Waals surface area contributed by atoms with Crippen molar-refractivity contribution >= 4 is 23.9 Å². The average Bonchev–Trinajstić information content (AvgIpc) is 2.75. The number of carboxylic acid groups (broad SMARTS) is 1. The summed E-state index contributed by atoms with van der Waals surface area (Å²) in [6, 6.07) is 6.18. The van der Waals surface area contributed by atoms with Crippen molar-refractivity contribution in [3.8, 4) is 5.75 Å². The topological polar surface area (TPSA) is 116 Å². The second-order valence-corrected chi connectivity index (χ2v) is 8.25. The zero-order chi connectivity index (χ0) is 22.4. The van der Waals surface area contributed by atoms with Gasteiger partial charge in [-0.25, -0.2) is 4.79 Å². The summed E-state index contributed by atoms with van der Waals surface area (Å²) in [5, 5.41) is 9.06. The van der Waals surface area contributed by atoms with Crippen molar-refractivity contribution in [1.82, 2.24) is 0 Å². The lowest BCUT2D eigenvalue weighted by atomic mass is 9.82. The zero-order valence-corrected chi connectivity index (χ0v) is 17.6. The minimum absolute atomic E-state index is 0.192. The Labute approximate surface area is 180 Å². The van der Waals surface area contributed by atoms with E-state index in [1.54, 1.807) is 12.1 Å². The Balaban J connectivity index is 1.39. The van der Waals surface area contributed by atoms with Crippen LogP contribution in [-0.4, -0.2) is 41.2 Å². The Morgan fingerprint density at radius 2 is 1.29 bits per heavy atom. The molecular weight excluding hydrogens is 404 g/mol. The molecule has 3 rings (SSSR count). The van der Waals surface area contributed by atoms with Gasteiger partial charge < -0.3 is 19.3 Å². The first kappa shape index (κ1) is 22.8. The van der Waals surface area contributed by atoms with E-state index in [2.05, 4.69) is 0 Å². The van der Waals surface area contributed by atoms with Gasteiger partial charge in [-0.3, -0.25) is 14.4 Å². The highest BCUT2D eigenvalue weighted by atomic mass is 16.6. The number of hydrogen-bond acceptors (Lipinski definition) is 7. The first-order valence-corrected chi connectivity index (χ1v) is 10.7. The molecule has 2 saturated carbocycles. The lowest BCUT2D eigenvalue weighted by Gasteiger charge is -2.30. The fraction of sp³-hybridized carbons (Fsp3) is 0.565. The van der Waals surface area contributed by atoms with E-state index in [4.69, 9.17) is 19.3 Å². The van der Waals surface area contributed by atoms with E-state index in [-0.39, 0.29) is 30.0 Å². The van der Waals surface area contributed by atoms with Crippen LogP contribution in [0.3, 0.4) is 0 Å². The molecule has 0 unspecified atom stereocenters. The Hall–Kier alpha value is -2.90. The first-order chi connectivity index (χ1) is 14.8. The normalized spacial score (nSPS) is 25.8. The highest BCUT2D eigenvalue weighted by Gasteiger charge is 2.33. The van der Waals surface area contributed by atoms with E-state index in [1.165, 1.54) is 19.1 Å². The van der Waals surface area contributed by atoms with Crippen molar-refractivity contribution in [2.24, 2.45) is 11.8 Å². The maximum Gasteiger partial charge on any atom is 0.338 e. The third-order valence-corrected chi connectivity index (χ3v) is 5.94. The monoisotopic (exact) mass is 432 g/mol. The summed E-state index contributed by atoms with van der Waals surface area (Å²) in [5.41, 5.74) is 0.376. The van der Waals surface area contributed by atoms with Gasteiger partial charge in [0.1, 0.15) is 18.0 Å². The Morgan fingerprint density at radius 3 is 1.81 bits per heavy atom. The summed E-state index contributed by atoms with van der Waals surface area (Å²) >= 11 is 0. The van der Waals surface area contributed by atoms with Gasteiger partial charge in [0.2, 0.25) is 0 Å². The summed E-state index contributed by atoms with van der Waals surface area (Å²) in [6.45, 7) is 1.31. The van der Waals surface area contributed by atoms with Crippen molar-refractivity contribution in [3.05, 3.63) is 29.8 Å². The van der Waals surface area contributed by atoms with E-state index in [9.17, 15) is 19.2 Å². The van der Waals surface area contributed by atoms with Gasteiger partial charge in [0.15, 0.2) is 0 Å². The van der Waals surface area contributed by atoms with Crippen molar-refractivity contribution in [3.63, 3.8) is 0 Å². The van der Waals surface area contributed by atoms with E-state index in [1.807, 2.05) is 0 Å². The van der Waals surface area contributed by atoms with Gasteiger partial charge in [-0.2, -0.15) is 0 Å². The first-order valence-electron chi connectivity index (χ1n) is 10.7. The molecule has 0 aliphatic heterocycles. The summed E-state index contributed by atoms with van der Waals surface area (Å²) < 4.78 is 16.1. The lowest BCUT2D eigenvalue weighted by molar-refractivity contribution is -0.159. The molecule has 0 spiro atoms. The van der Waals surface area contributed by atoms with E-state index in [0.717, 1.165) is 0 Å². The van der Waals surface area contributed by atoms with E-state index in [0.29, 0.717) is 62.7 Å². The number of carboxylic acids is 1. The molecule has 2 aliphatic rings. The minimum atomic E-state index is -0.792. The molecule has 0 amide bonds. The molecule has 1 aromatic rings. The summed E-state index contributed by atoms with van der Waals surface area (Å²) in [6.07, 6.45) is 4.18. The SMILES string of the molecule is CC(=O)Oc1ccc(C(=O)OC2CCC(OC(=O)C3CCC(C(=O)O)CC3)CC2)cc1. The van der Waals surface area contributed by atoms with Gasteiger partial charge in [0.05, 0.1) is 17.4 Å². The van der Waals surface area contributed by atoms with Crippen molar-refractivity contribution in [1.29, 1.82) is 0 Å². The molecule has 0 saturated heterocycles. The van der Waals surface area contributed by atoms with Crippen LogP contribution in [0.25, 0.3) is 0 Å². The number of benzene rings is 1. The van der Waals surface area contributed by atoms with Gasteiger partial charge >= 0.3 is 23.9 Å². The van der Waals surface area contributed by atoms with Gasteiger partial charge in [-0.15, -0.1) is 0 Å². The number of hydrogen-bond donors (Lipinski definition) is 1. The largest absolute Gasteiger partial charge is 0.481 e. The lowest BCUT2D eigenvalue weighted by Crippen LogP contribution is -2.33. The Bertz CT molecular complexity index is 799. The maximum atomic E-state index is 12.4. The minimum Gasteiger partial charge on any atom is -0.481 e. The molecule has 0 heterocycles. The van der Waals surface area contributed by atoms with Gasteiger partial charge in [-0.1, -0.05) is 0 Å². The van der Waals surface area contributed by atoms with Crippen LogP contribution < -0.4 is 4.74 Å². The van der Waals surface area contributed by atoms with Gasteiger partial charge in [0, 0.05) is 6.92 Å². The number of carbonyl (C=O) groups excluding carboxylic acids is 3. The Kier molecular flexibility index (Phi) is 7.65. The molecule has 1 aromatic carbocycles. The molecule has 8 heteroatoms. The number of esters is 3. The predicted octanol–water partition coefficient (Wildman–Crippen LogP) is 3.51. The molecule has 0 aromatic heterocycles. The summed E-state index contributed by atoms with van der Waals surface area (Å²) in [5.74, 6) is -2.11. The maximum absolute atomic E-state index is 12.4. The van der Waals surface area contributed by atoms with Crippen LogP contribution in [0.2, 0.25) is 0 Å². The summed E-state index contributed by atoms with van der Waals surface area (Å²) in [7, 11) is 0. The highest BCUT2D eigenvalue weighted by Crippen LogP contribution is 2.31. The van der Waals surface area contributed by atoms with Crippen molar-refractivity contribution in [2.75, 3.05) is 0 Å². The molecule has 0 bridgehead atoms. The molecular formula is C23H28O8. The molecule has 31 heavy (non-hydrogen) atoms. The molecule has 168 valence electrons. The second-order valence-electron chi connectivity index (χ2n) is 8.25. The number of carbonyl (C=O) groups is 4. The number of rotatable bonds is 6. The molecule has 0 atom stereocenters. The van der Waals surface area contributed by atoms with E-state index >= 15 is 0 Å². The molecule has 8 nitrogen and oxygen atoms in total. The molecule has 2 fully saturated rings. The van der Waals surface area contributed by atoms with Crippen LogP contribution in [0, 0.1) is 11.8 Å². The third kappa shape index (κ3) is 6.54. The molecule has 1 N–H and O–H groups in total. The Morgan fingerprint density at radius 1 is 0.774 bits per heavy atom. The summed E-state index contributed by atoms with van der Waals surface area (Å²) in [4.78, 5) is 46.7. The fourth-order valence-electron chi connectivity index (χ4n) is 4.15. The average molecular weight is 432 g/mol. The van der Waals surface area contributed by atoms with Gasteiger partial charge in [-0.05, 0) is 75.6 Å². The van der Waals surface area contributed by atoms with Crippen LogP contribution in [0.15, 0.2) is 24.3 Å². The second kappa shape index (κ2) is 10.4. The standard InChI is InChI=1S/C23H28O8/c1-14(24)29-18-8-6-17(7-9-18)23(28)31-20-12-10-19(11-13-20)30-22(27)16-4-2-15(3-5-16)21(25)26/h6-9,15-16,19-20H,2-5,10-13H2,1H3,(H,25,26). The third-order valence-electron chi connectivity index (χ3n) is 5.94. The van der Waals surface area contributed by atoms with Crippen molar-refractivity contribution in [2.45, 2.75) is 70.5 Å². The molecule has 2 aliphatic carbocycles. The number of aliphatic carboxylic acids is 1. The predicted molar refractivity (Wildman–Crippen MR) is 108 cm³/mol. The smallest absolute Gasteiger partial charge is 0.338 e. The van der Waals surface area contributed by atoms with E-state index < -0.39 is 17.9 Å². The van der Waals surface area contributed by atoms with Gasteiger partial charge in [0.25, 0.3) is 0 Å². The van der Waals surface area contributed by atoms with Crippen LogP contribution >= 0.6 is 0 Å². The van der Waals surface area contributed by atoms with Crippen LogP contribution in [-0.2, 0) is 23.9 Å². The number of ether oxygens (including phenoxy) is 3. The fourth-order valence-corrected chi connectivity index (χ4v) is 4.15. The van der Waals surface area contributed by atoms with Crippen LogP contribution in [0.1, 0.15) is 68.6 Å². The highest BCUT2D eigenvalue weighted by molar-refractivity contribution is 5.89. The van der Waals surface area contributed by atoms with Crippen LogP contribution in [0.5, 0.6) is 5.75 Å². The molecule has 0 radical (unpaired) electrons. The van der Waals surface area contributed by atoms with Crippen molar-refractivity contribution < 1.29 is 38.5 Å². The zero-order valence-electron chi connectivity index (χ0n) is 17.6. The van der Waals surface area contributed by atoms with Crippen LogP contribution in [0.4, 0.5) is 0 Å². The quantitative estimate of drug-likeness (QED) is 0.536.